The fourth-order valence-corrected chi connectivity index (χ4v) is 4.62. The number of fused-ring (bicyclic) bond motifs is 1. The molecule has 1 heterocycles. The van der Waals surface area contributed by atoms with Crippen LogP contribution in [-0.4, -0.2) is 11.0 Å². The van der Waals surface area contributed by atoms with Crippen LogP contribution in [0.25, 0.3) is 0 Å². The van der Waals surface area contributed by atoms with Gasteiger partial charge in [-0.2, -0.15) is 0 Å². The Morgan fingerprint density at radius 1 is 1.29 bits per heavy atom. The first-order chi connectivity index (χ1) is 10.3. The van der Waals surface area contributed by atoms with E-state index in [0.29, 0.717) is 12.0 Å². The SMILES string of the molecule is CCCC1CCC(C(NN)C2CCc3cccnc32)CC1. The van der Waals surface area contributed by atoms with E-state index >= 15 is 0 Å². The van der Waals surface area contributed by atoms with Gasteiger partial charge in [0.25, 0.3) is 0 Å². The van der Waals surface area contributed by atoms with Crippen LogP contribution in [0, 0.1) is 11.8 Å². The van der Waals surface area contributed by atoms with Crippen LogP contribution in [0.4, 0.5) is 0 Å². The number of rotatable bonds is 5. The van der Waals surface area contributed by atoms with E-state index in [-0.39, 0.29) is 0 Å². The first kappa shape index (κ1) is 15.0. The number of hydrogen-bond acceptors (Lipinski definition) is 3. The van der Waals surface area contributed by atoms with Crippen LogP contribution in [0.5, 0.6) is 0 Å². The molecule has 2 unspecified atom stereocenters. The number of hydrazine groups is 1. The highest BCUT2D eigenvalue weighted by atomic mass is 15.2. The summed E-state index contributed by atoms with van der Waals surface area (Å²) in [6.07, 6.45) is 12.5. The molecule has 0 saturated heterocycles. The first-order valence-corrected chi connectivity index (χ1v) is 8.73. The van der Waals surface area contributed by atoms with Gasteiger partial charge in [0.15, 0.2) is 0 Å². The number of aryl methyl sites for hydroxylation is 1. The molecule has 0 spiro atoms. The van der Waals surface area contributed by atoms with Crippen molar-refractivity contribution in [1.29, 1.82) is 0 Å². The standard InChI is InChI=1S/C18H29N3/c1-2-4-13-6-8-15(9-7-13)18(21-19)16-11-10-14-5-3-12-20-17(14)16/h3,5,12-13,15-16,18,21H,2,4,6-11,19H2,1H3. The van der Waals surface area contributed by atoms with Gasteiger partial charge in [-0.25, -0.2) is 0 Å². The summed E-state index contributed by atoms with van der Waals surface area (Å²) >= 11 is 0. The number of nitrogens with one attached hydrogen (secondary N) is 1. The van der Waals surface area contributed by atoms with E-state index < -0.39 is 0 Å². The fourth-order valence-electron chi connectivity index (χ4n) is 4.62. The van der Waals surface area contributed by atoms with Gasteiger partial charge in [-0.3, -0.25) is 16.3 Å². The summed E-state index contributed by atoms with van der Waals surface area (Å²) in [5, 5.41) is 0. The highest BCUT2D eigenvalue weighted by molar-refractivity contribution is 5.30. The van der Waals surface area contributed by atoms with Gasteiger partial charge in [0.05, 0.1) is 0 Å². The third-order valence-corrected chi connectivity index (χ3v) is 5.72. The second-order valence-corrected chi connectivity index (χ2v) is 6.95. The molecule has 116 valence electrons. The number of aromatic nitrogens is 1. The quantitative estimate of drug-likeness (QED) is 0.643. The lowest BCUT2D eigenvalue weighted by atomic mass is 9.73. The molecule has 3 nitrogen and oxygen atoms in total. The Labute approximate surface area is 128 Å². The van der Waals surface area contributed by atoms with E-state index in [1.165, 1.54) is 56.2 Å². The van der Waals surface area contributed by atoms with Gasteiger partial charge in [0.1, 0.15) is 0 Å². The minimum atomic E-state index is 0.406. The van der Waals surface area contributed by atoms with E-state index in [1.807, 2.05) is 6.20 Å². The summed E-state index contributed by atoms with van der Waals surface area (Å²) in [6, 6.07) is 4.69. The van der Waals surface area contributed by atoms with Crippen molar-refractivity contribution in [3.05, 3.63) is 29.6 Å². The summed E-state index contributed by atoms with van der Waals surface area (Å²) in [6.45, 7) is 2.30. The lowest BCUT2D eigenvalue weighted by Gasteiger charge is -2.36. The molecule has 3 N–H and O–H groups in total. The maximum absolute atomic E-state index is 5.96. The third kappa shape index (κ3) is 3.14. The number of pyridine rings is 1. The van der Waals surface area contributed by atoms with Gasteiger partial charge in [-0.15, -0.1) is 0 Å². The van der Waals surface area contributed by atoms with E-state index in [1.54, 1.807) is 0 Å². The van der Waals surface area contributed by atoms with Crippen molar-refractivity contribution < 1.29 is 0 Å². The predicted molar refractivity (Wildman–Crippen MR) is 86.8 cm³/mol. The van der Waals surface area contributed by atoms with Crippen molar-refractivity contribution in [1.82, 2.24) is 10.4 Å². The van der Waals surface area contributed by atoms with Gasteiger partial charge >= 0.3 is 0 Å². The molecule has 0 aliphatic heterocycles. The molecule has 2 aliphatic rings. The van der Waals surface area contributed by atoms with Crippen molar-refractivity contribution in [2.75, 3.05) is 0 Å². The first-order valence-electron chi connectivity index (χ1n) is 8.73. The van der Waals surface area contributed by atoms with Crippen molar-refractivity contribution >= 4 is 0 Å². The van der Waals surface area contributed by atoms with Gasteiger partial charge in [0, 0.05) is 23.9 Å². The molecule has 0 amide bonds. The summed E-state index contributed by atoms with van der Waals surface area (Å²) < 4.78 is 0. The second kappa shape index (κ2) is 6.89. The van der Waals surface area contributed by atoms with Gasteiger partial charge < -0.3 is 0 Å². The molecule has 2 atom stereocenters. The Morgan fingerprint density at radius 2 is 2.10 bits per heavy atom. The van der Waals surface area contributed by atoms with Gasteiger partial charge in [-0.1, -0.05) is 38.7 Å². The Balaban J connectivity index is 1.67. The topological polar surface area (TPSA) is 50.9 Å². The minimum Gasteiger partial charge on any atom is -0.271 e. The Bertz CT molecular complexity index is 452. The van der Waals surface area contributed by atoms with Crippen LogP contribution in [0.1, 0.15) is 69.0 Å². The Morgan fingerprint density at radius 3 is 2.81 bits per heavy atom. The van der Waals surface area contributed by atoms with Crippen LogP contribution < -0.4 is 11.3 Å². The second-order valence-electron chi connectivity index (χ2n) is 6.95. The average Bonchev–Trinajstić information content (AvgIpc) is 2.94. The highest BCUT2D eigenvalue weighted by Crippen LogP contribution is 2.41. The molecular formula is C18H29N3. The van der Waals surface area contributed by atoms with Gasteiger partial charge in [0.2, 0.25) is 0 Å². The molecule has 1 saturated carbocycles. The van der Waals surface area contributed by atoms with E-state index in [4.69, 9.17) is 5.84 Å². The maximum Gasteiger partial charge on any atom is 0.0482 e. The number of nitrogens with zero attached hydrogens (tertiary/aromatic N) is 1. The molecule has 0 radical (unpaired) electrons. The molecule has 0 bridgehead atoms. The molecule has 1 aromatic heterocycles. The van der Waals surface area contributed by atoms with Gasteiger partial charge in [-0.05, 0) is 49.1 Å². The van der Waals surface area contributed by atoms with Crippen molar-refractivity contribution in [3.8, 4) is 0 Å². The summed E-state index contributed by atoms with van der Waals surface area (Å²) in [5.41, 5.74) is 5.90. The lowest BCUT2D eigenvalue weighted by molar-refractivity contribution is 0.194. The zero-order valence-corrected chi connectivity index (χ0v) is 13.2. The molecule has 3 rings (SSSR count). The van der Waals surface area contributed by atoms with Crippen LogP contribution >= 0.6 is 0 Å². The molecule has 21 heavy (non-hydrogen) atoms. The van der Waals surface area contributed by atoms with Crippen LogP contribution in [-0.2, 0) is 6.42 Å². The smallest absolute Gasteiger partial charge is 0.0482 e. The summed E-state index contributed by atoms with van der Waals surface area (Å²) in [5.74, 6) is 8.15. The monoisotopic (exact) mass is 287 g/mol. The normalized spacial score (nSPS) is 30.1. The molecular weight excluding hydrogens is 258 g/mol. The van der Waals surface area contributed by atoms with Crippen molar-refractivity contribution in [2.45, 2.75) is 70.3 Å². The molecule has 0 aromatic carbocycles. The molecule has 3 heteroatoms. The summed E-state index contributed by atoms with van der Waals surface area (Å²) in [7, 11) is 0. The summed E-state index contributed by atoms with van der Waals surface area (Å²) in [4.78, 5) is 4.65. The maximum atomic E-state index is 5.96. The third-order valence-electron chi connectivity index (χ3n) is 5.72. The highest BCUT2D eigenvalue weighted by Gasteiger charge is 2.36. The van der Waals surface area contributed by atoms with Crippen molar-refractivity contribution in [3.63, 3.8) is 0 Å². The predicted octanol–water partition coefficient (Wildman–Crippen LogP) is 3.55. The molecule has 1 fully saturated rings. The number of hydrogen-bond donors (Lipinski definition) is 2. The zero-order chi connectivity index (χ0) is 14.7. The van der Waals surface area contributed by atoms with E-state index in [2.05, 4.69) is 29.5 Å². The lowest BCUT2D eigenvalue weighted by Crippen LogP contribution is -2.46. The minimum absolute atomic E-state index is 0.406. The van der Waals surface area contributed by atoms with E-state index in [9.17, 15) is 0 Å². The van der Waals surface area contributed by atoms with E-state index in [0.717, 1.165) is 18.3 Å². The molecule has 2 aliphatic carbocycles. The van der Waals surface area contributed by atoms with Crippen molar-refractivity contribution in [2.24, 2.45) is 17.7 Å². The molecule has 1 aromatic rings. The Hall–Kier alpha value is -0.930. The average molecular weight is 287 g/mol. The van der Waals surface area contributed by atoms with Crippen LogP contribution in [0.3, 0.4) is 0 Å². The largest absolute Gasteiger partial charge is 0.271 e. The Kier molecular flexibility index (Phi) is 4.91. The zero-order valence-electron chi connectivity index (χ0n) is 13.2. The number of nitrogens with two attached hydrogens (primary N) is 1. The van der Waals surface area contributed by atoms with Crippen LogP contribution in [0.15, 0.2) is 18.3 Å². The fraction of sp³-hybridized carbons (Fsp3) is 0.722. The van der Waals surface area contributed by atoms with Crippen LogP contribution in [0.2, 0.25) is 0 Å².